The molecule has 4 N–H and O–H groups in total. The van der Waals surface area contributed by atoms with E-state index in [1.165, 1.54) is 0 Å². The molecular formula is C14H18N2O4. The molecule has 0 bridgehead atoms. The van der Waals surface area contributed by atoms with Crippen LogP contribution >= 0.6 is 0 Å². The van der Waals surface area contributed by atoms with Crippen molar-refractivity contribution in [3.8, 4) is 0 Å². The number of carboxylic acids is 1. The van der Waals surface area contributed by atoms with E-state index in [9.17, 15) is 14.7 Å². The highest BCUT2D eigenvalue weighted by molar-refractivity contribution is 5.87. The highest BCUT2D eigenvalue weighted by atomic mass is 16.5. The molecule has 1 heterocycles. The van der Waals surface area contributed by atoms with Gasteiger partial charge in [-0.05, 0) is 24.1 Å². The SMILES string of the molecule is Nc1cccc(CCC(=O)NC2(C(=O)O)CCOC2)c1. The van der Waals surface area contributed by atoms with Crippen molar-refractivity contribution in [2.24, 2.45) is 0 Å². The zero-order valence-corrected chi connectivity index (χ0v) is 11.1. The lowest BCUT2D eigenvalue weighted by molar-refractivity contribution is -0.147. The molecule has 1 fully saturated rings. The highest BCUT2D eigenvalue weighted by Crippen LogP contribution is 2.19. The average Bonchev–Trinajstić information content (AvgIpc) is 2.86. The smallest absolute Gasteiger partial charge is 0.331 e. The third kappa shape index (κ3) is 3.27. The third-order valence-electron chi connectivity index (χ3n) is 3.40. The topological polar surface area (TPSA) is 102 Å². The molecule has 108 valence electrons. The summed E-state index contributed by atoms with van der Waals surface area (Å²) in [5, 5.41) is 11.8. The molecule has 1 aromatic carbocycles. The number of carbonyl (C=O) groups is 2. The predicted octanol–water partition coefficient (Wildman–Crippen LogP) is 0.561. The predicted molar refractivity (Wildman–Crippen MR) is 73.1 cm³/mol. The number of nitrogen functional groups attached to an aromatic ring is 1. The molecule has 1 aliphatic heterocycles. The summed E-state index contributed by atoms with van der Waals surface area (Å²) in [6.07, 6.45) is 1.04. The largest absolute Gasteiger partial charge is 0.479 e. The van der Waals surface area contributed by atoms with E-state index < -0.39 is 11.5 Å². The summed E-state index contributed by atoms with van der Waals surface area (Å²) in [6, 6.07) is 7.29. The second kappa shape index (κ2) is 5.92. The number of hydrogen-bond donors (Lipinski definition) is 3. The van der Waals surface area contributed by atoms with E-state index in [2.05, 4.69) is 5.32 Å². The standard InChI is InChI=1S/C14H18N2O4/c15-11-3-1-2-10(8-11)4-5-12(17)16-14(13(18)19)6-7-20-9-14/h1-3,8H,4-7,9,15H2,(H,16,17)(H,18,19). The fourth-order valence-corrected chi connectivity index (χ4v) is 2.22. The first kappa shape index (κ1) is 14.3. The first-order valence-electron chi connectivity index (χ1n) is 6.48. The molecule has 0 radical (unpaired) electrons. The molecule has 1 unspecified atom stereocenters. The highest BCUT2D eigenvalue weighted by Gasteiger charge is 2.43. The Morgan fingerprint density at radius 1 is 1.45 bits per heavy atom. The summed E-state index contributed by atoms with van der Waals surface area (Å²) >= 11 is 0. The molecule has 1 amide bonds. The third-order valence-corrected chi connectivity index (χ3v) is 3.40. The number of benzene rings is 1. The molecule has 0 spiro atoms. The summed E-state index contributed by atoms with van der Waals surface area (Å²) in [7, 11) is 0. The maximum Gasteiger partial charge on any atom is 0.331 e. The van der Waals surface area contributed by atoms with Crippen molar-refractivity contribution in [1.82, 2.24) is 5.32 Å². The van der Waals surface area contributed by atoms with Crippen molar-refractivity contribution in [1.29, 1.82) is 0 Å². The molecule has 6 nitrogen and oxygen atoms in total. The number of ether oxygens (including phenoxy) is 1. The van der Waals surface area contributed by atoms with Crippen molar-refractivity contribution in [3.63, 3.8) is 0 Å². The van der Waals surface area contributed by atoms with Gasteiger partial charge in [0.2, 0.25) is 5.91 Å². The van der Waals surface area contributed by atoms with Crippen LogP contribution < -0.4 is 11.1 Å². The van der Waals surface area contributed by atoms with Crippen molar-refractivity contribution >= 4 is 17.6 Å². The van der Waals surface area contributed by atoms with E-state index in [4.69, 9.17) is 10.5 Å². The number of rotatable bonds is 5. The number of nitrogens with two attached hydrogens (primary N) is 1. The van der Waals surface area contributed by atoms with Crippen LogP contribution in [0.15, 0.2) is 24.3 Å². The number of carbonyl (C=O) groups excluding carboxylic acids is 1. The van der Waals surface area contributed by atoms with Gasteiger partial charge in [-0.15, -0.1) is 0 Å². The molecular weight excluding hydrogens is 260 g/mol. The van der Waals surface area contributed by atoms with E-state index in [1.54, 1.807) is 12.1 Å². The van der Waals surface area contributed by atoms with Gasteiger partial charge >= 0.3 is 5.97 Å². The van der Waals surface area contributed by atoms with Gasteiger partial charge in [-0.25, -0.2) is 4.79 Å². The van der Waals surface area contributed by atoms with E-state index in [1.807, 2.05) is 12.1 Å². The number of aryl methyl sites for hydroxylation is 1. The van der Waals surface area contributed by atoms with Gasteiger partial charge in [0.25, 0.3) is 0 Å². The lowest BCUT2D eigenvalue weighted by Crippen LogP contribution is -2.55. The molecule has 0 aliphatic carbocycles. The molecule has 0 aromatic heterocycles. The zero-order chi connectivity index (χ0) is 14.6. The molecule has 1 atom stereocenters. The van der Waals surface area contributed by atoms with Crippen LogP contribution in [0.3, 0.4) is 0 Å². The van der Waals surface area contributed by atoms with Gasteiger partial charge in [0.1, 0.15) is 0 Å². The van der Waals surface area contributed by atoms with Gasteiger partial charge < -0.3 is 20.9 Å². The van der Waals surface area contributed by atoms with E-state index in [-0.39, 0.29) is 18.9 Å². The lowest BCUT2D eigenvalue weighted by Gasteiger charge is -2.23. The number of carboxylic acid groups (broad SMARTS) is 1. The molecule has 2 rings (SSSR count). The van der Waals surface area contributed by atoms with Crippen LogP contribution in [0.5, 0.6) is 0 Å². The molecule has 1 saturated heterocycles. The minimum absolute atomic E-state index is 0.0202. The summed E-state index contributed by atoms with van der Waals surface area (Å²) in [5.74, 6) is -1.34. The van der Waals surface area contributed by atoms with Crippen LogP contribution in [-0.2, 0) is 20.7 Å². The summed E-state index contributed by atoms with van der Waals surface area (Å²) in [5.41, 5.74) is 5.99. The Morgan fingerprint density at radius 2 is 2.25 bits per heavy atom. The van der Waals surface area contributed by atoms with Crippen LogP contribution in [0.25, 0.3) is 0 Å². The summed E-state index contributed by atoms with van der Waals surface area (Å²) in [6.45, 7) is 0.369. The van der Waals surface area contributed by atoms with Gasteiger partial charge in [-0.1, -0.05) is 12.1 Å². The maximum atomic E-state index is 11.9. The van der Waals surface area contributed by atoms with Gasteiger partial charge in [-0.3, -0.25) is 4.79 Å². The normalized spacial score (nSPS) is 21.6. The number of nitrogens with one attached hydrogen (secondary N) is 1. The number of anilines is 1. The number of amides is 1. The fourth-order valence-electron chi connectivity index (χ4n) is 2.22. The Bertz CT molecular complexity index is 510. The molecule has 0 saturated carbocycles. The van der Waals surface area contributed by atoms with Gasteiger partial charge in [-0.2, -0.15) is 0 Å². The quantitative estimate of drug-likeness (QED) is 0.683. The van der Waals surface area contributed by atoms with Crippen LogP contribution in [0.4, 0.5) is 5.69 Å². The molecule has 20 heavy (non-hydrogen) atoms. The number of aliphatic carboxylic acids is 1. The van der Waals surface area contributed by atoms with Crippen molar-refractivity contribution < 1.29 is 19.4 Å². The van der Waals surface area contributed by atoms with Gasteiger partial charge in [0.05, 0.1) is 6.61 Å². The second-order valence-electron chi connectivity index (χ2n) is 4.98. The zero-order valence-electron chi connectivity index (χ0n) is 11.1. The number of hydrogen-bond acceptors (Lipinski definition) is 4. The fraction of sp³-hybridized carbons (Fsp3) is 0.429. The molecule has 1 aromatic rings. The van der Waals surface area contributed by atoms with E-state index in [0.717, 1.165) is 5.56 Å². The first-order chi connectivity index (χ1) is 9.52. The van der Waals surface area contributed by atoms with Crippen molar-refractivity contribution in [3.05, 3.63) is 29.8 Å². The van der Waals surface area contributed by atoms with Crippen LogP contribution in [0.1, 0.15) is 18.4 Å². The Morgan fingerprint density at radius 3 is 2.85 bits per heavy atom. The van der Waals surface area contributed by atoms with Crippen molar-refractivity contribution in [2.45, 2.75) is 24.8 Å². The average molecular weight is 278 g/mol. The minimum atomic E-state index is -1.27. The minimum Gasteiger partial charge on any atom is -0.479 e. The van der Waals surface area contributed by atoms with E-state index >= 15 is 0 Å². The summed E-state index contributed by atoms with van der Waals surface area (Å²) < 4.78 is 5.09. The maximum absolute atomic E-state index is 11.9. The lowest BCUT2D eigenvalue weighted by atomic mass is 9.98. The summed E-state index contributed by atoms with van der Waals surface area (Å²) in [4.78, 5) is 23.2. The monoisotopic (exact) mass is 278 g/mol. The van der Waals surface area contributed by atoms with Gasteiger partial charge in [0, 0.05) is 25.1 Å². The van der Waals surface area contributed by atoms with E-state index in [0.29, 0.717) is 25.1 Å². The first-order valence-corrected chi connectivity index (χ1v) is 6.48. The van der Waals surface area contributed by atoms with Gasteiger partial charge in [0.15, 0.2) is 5.54 Å². The molecule has 6 heteroatoms. The Labute approximate surface area is 116 Å². The van der Waals surface area contributed by atoms with Crippen LogP contribution in [0, 0.1) is 0 Å². The Hall–Kier alpha value is -2.08. The second-order valence-corrected chi connectivity index (χ2v) is 4.98. The Balaban J connectivity index is 1.90. The van der Waals surface area contributed by atoms with Crippen LogP contribution in [-0.4, -0.2) is 35.7 Å². The van der Waals surface area contributed by atoms with Crippen LogP contribution in [0.2, 0.25) is 0 Å². The molecule has 1 aliphatic rings. The Kier molecular flexibility index (Phi) is 4.24. The van der Waals surface area contributed by atoms with Crippen molar-refractivity contribution in [2.75, 3.05) is 18.9 Å².